The predicted molar refractivity (Wildman–Crippen MR) is 99.6 cm³/mol. The molecule has 0 unspecified atom stereocenters. The SMILES string of the molecule is CCCn1c(C)c(C)c(S(=O)(=O)c2ccccc2)c1NC(=O)C(C)C. The van der Waals surface area contributed by atoms with Crippen molar-refractivity contribution in [2.45, 2.75) is 57.4 Å². The second kappa shape index (κ2) is 7.44. The minimum absolute atomic E-state index is 0.193. The molecule has 1 amide bonds. The lowest BCUT2D eigenvalue weighted by Crippen LogP contribution is -2.22. The van der Waals surface area contributed by atoms with Crippen molar-refractivity contribution in [3.63, 3.8) is 0 Å². The van der Waals surface area contributed by atoms with E-state index in [0.717, 1.165) is 12.1 Å². The van der Waals surface area contributed by atoms with Crippen LogP contribution in [0.2, 0.25) is 0 Å². The Morgan fingerprint density at radius 3 is 2.28 bits per heavy atom. The summed E-state index contributed by atoms with van der Waals surface area (Å²) in [6.45, 7) is 9.92. The van der Waals surface area contributed by atoms with Crippen LogP contribution in [-0.4, -0.2) is 18.9 Å². The van der Waals surface area contributed by atoms with E-state index >= 15 is 0 Å². The molecule has 0 saturated carbocycles. The zero-order chi connectivity index (χ0) is 18.8. The molecule has 1 N–H and O–H groups in total. The number of amides is 1. The van der Waals surface area contributed by atoms with Crippen LogP contribution < -0.4 is 5.32 Å². The Morgan fingerprint density at radius 1 is 1.16 bits per heavy atom. The van der Waals surface area contributed by atoms with Gasteiger partial charge in [0.15, 0.2) is 0 Å². The van der Waals surface area contributed by atoms with Crippen LogP contribution in [-0.2, 0) is 21.2 Å². The Hall–Kier alpha value is -2.08. The molecular weight excluding hydrogens is 336 g/mol. The molecule has 0 spiro atoms. The van der Waals surface area contributed by atoms with Gasteiger partial charge >= 0.3 is 0 Å². The van der Waals surface area contributed by atoms with Crippen LogP contribution in [0, 0.1) is 19.8 Å². The van der Waals surface area contributed by atoms with E-state index in [1.54, 1.807) is 51.1 Å². The average Bonchev–Trinajstić information content (AvgIpc) is 2.81. The normalized spacial score (nSPS) is 11.8. The molecule has 0 aliphatic heterocycles. The first-order chi connectivity index (χ1) is 11.7. The summed E-state index contributed by atoms with van der Waals surface area (Å²) in [5.74, 6) is -0.0587. The van der Waals surface area contributed by atoms with E-state index in [9.17, 15) is 13.2 Å². The van der Waals surface area contributed by atoms with Crippen molar-refractivity contribution in [2.24, 2.45) is 5.92 Å². The van der Waals surface area contributed by atoms with Crippen molar-refractivity contribution in [1.82, 2.24) is 4.57 Å². The number of hydrogen-bond donors (Lipinski definition) is 1. The minimum Gasteiger partial charge on any atom is -0.331 e. The average molecular weight is 362 g/mol. The summed E-state index contributed by atoms with van der Waals surface area (Å²) in [4.78, 5) is 12.7. The van der Waals surface area contributed by atoms with Crippen molar-refractivity contribution in [3.05, 3.63) is 41.6 Å². The number of hydrogen-bond acceptors (Lipinski definition) is 3. The highest BCUT2D eigenvalue weighted by Crippen LogP contribution is 2.35. The monoisotopic (exact) mass is 362 g/mol. The van der Waals surface area contributed by atoms with Crippen molar-refractivity contribution in [1.29, 1.82) is 0 Å². The topological polar surface area (TPSA) is 68.2 Å². The molecule has 136 valence electrons. The van der Waals surface area contributed by atoms with Gasteiger partial charge in [-0.3, -0.25) is 4.79 Å². The van der Waals surface area contributed by atoms with Crippen LogP contribution in [0.25, 0.3) is 0 Å². The molecule has 0 bridgehead atoms. The summed E-state index contributed by atoms with van der Waals surface area (Å²) in [6.07, 6.45) is 0.838. The number of anilines is 1. The van der Waals surface area contributed by atoms with Crippen LogP contribution in [0.15, 0.2) is 40.1 Å². The molecule has 2 aromatic rings. The third-order valence-corrected chi connectivity index (χ3v) is 6.24. The summed E-state index contributed by atoms with van der Waals surface area (Å²) < 4.78 is 28.4. The molecule has 0 aliphatic rings. The molecule has 25 heavy (non-hydrogen) atoms. The highest BCUT2D eigenvalue weighted by Gasteiger charge is 2.30. The van der Waals surface area contributed by atoms with Crippen LogP contribution >= 0.6 is 0 Å². The van der Waals surface area contributed by atoms with E-state index in [4.69, 9.17) is 0 Å². The Kier molecular flexibility index (Phi) is 5.72. The summed E-state index contributed by atoms with van der Waals surface area (Å²) in [7, 11) is -3.73. The standard InChI is InChI=1S/C19H26N2O3S/c1-6-12-21-15(5)14(4)17(18(21)20-19(22)13(2)3)25(23,24)16-10-8-7-9-11-16/h7-11,13H,6,12H2,1-5H3,(H,20,22). The maximum absolute atomic E-state index is 13.2. The van der Waals surface area contributed by atoms with E-state index in [1.165, 1.54) is 0 Å². The van der Waals surface area contributed by atoms with Gasteiger partial charge in [-0.05, 0) is 38.0 Å². The molecule has 5 nitrogen and oxygen atoms in total. The largest absolute Gasteiger partial charge is 0.331 e. The van der Waals surface area contributed by atoms with Gasteiger partial charge in [-0.2, -0.15) is 0 Å². The number of nitrogens with zero attached hydrogens (tertiary/aromatic N) is 1. The van der Waals surface area contributed by atoms with Gasteiger partial charge in [0.25, 0.3) is 0 Å². The molecular formula is C19H26N2O3S. The van der Waals surface area contributed by atoms with Crippen LogP contribution in [0.5, 0.6) is 0 Å². The van der Waals surface area contributed by atoms with Gasteiger partial charge in [-0.25, -0.2) is 8.42 Å². The van der Waals surface area contributed by atoms with Gasteiger partial charge in [-0.1, -0.05) is 39.0 Å². The van der Waals surface area contributed by atoms with Crippen LogP contribution in [0.3, 0.4) is 0 Å². The van der Waals surface area contributed by atoms with E-state index < -0.39 is 9.84 Å². The Bertz CT molecular complexity index is 866. The molecule has 1 aromatic carbocycles. The van der Waals surface area contributed by atoms with Gasteiger partial charge in [0, 0.05) is 18.2 Å². The number of nitrogens with one attached hydrogen (secondary N) is 1. The lowest BCUT2D eigenvalue weighted by molar-refractivity contribution is -0.118. The molecule has 0 aliphatic carbocycles. The maximum atomic E-state index is 13.2. The quantitative estimate of drug-likeness (QED) is 0.846. The first kappa shape index (κ1) is 19.2. The Balaban J connectivity index is 2.72. The molecule has 0 saturated heterocycles. The molecule has 1 aromatic heterocycles. The summed E-state index contributed by atoms with van der Waals surface area (Å²) in [5, 5.41) is 2.85. The van der Waals surface area contributed by atoms with Gasteiger partial charge in [0.1, 0.15) is 10.7 Å². The second-order valence-corrected chi connectivity index (χ2v) is 8.39. The third-order valence-electron chi connectivity index (χ3n) is 4.31. The number of aromatic nitrogens is 1. The van der Waals surface area contributed by atoms with Crippen molar-refractivity contribution >= 4 is 21.6 Å². The van der Waals surface area contributed by atoms with Gasteiger partial charge in [-0.15, -0.1) is 0 Å². The number of carbonyl (C=O) groups is 1. The van der Waals surface area contributed by atoms with Gasteiger partial charge in [0.05, 0.1) is 4.90 Å². The van der Waals surface area contributed by atoms with E-state index in [1.807, 2.05) is 18.4 Å². The zero-order valence-corrected chi connectivity index (χ0v) is 16.3. The van der Waals surface area contributed by atoms with E-state index in [2.05, 4.69) is 5.32 Å². The number of sulfone groups is 1. The fourth-order valence-electron chi connectivity index (χ4n) is 2.77. The molecule has 1 heterocycles. The number of benzene rings is 1. The zero-order valence-electron chi connectivity index (χ0n) is 15.5. The maximum Gasteiger partial charge on any atom is 0.228 e. The van der Waals surface area contributed by atoms with E-state index in [0.29, 0.717) is 17.9 Å². The summed E-state index contributed by atoms with van der Waals surface area (Å²) in [5.41, 5.74) is 1.53. The van der Waals surface area contributed by atoms with Gasteiger partial charge < -0.3 is 9.88 Å². The highest BCUT2D eigenvalue weighted by atomic mass is 32.2. The number of rotatable bonds is 6. The first-order valence-corrected chi connectivity index (χ1v) is 10.0. The van der Waals surface area contributed by atoms with Crippen molar-refractivity contribution in [3.8, 4) is 0 Å². The lowest BCUT2D eigenvalue weighted by atomic mass is 10.2. The van der Waals surface area contributed by atoms with Crippen LogP contribution in [0.4, 0.5) is 5.82 Å². The Morgan fingerprint density at radius 2 is 1.76 bits per heavy atom. The molecule has 2 rings (SSSR count). The summed E-state index contributed by atoms with van der Waals surface area (Å²) in [6, 6.07) is 8.33. The number of carbonyl (C=O) groups excluding carboxylic acids is 1. The molecule has 0 atom stereocenters. The first-order valence-electron chi connectivity index (χ1n) is 8.52. The fourth-order valence-corrected chi connectivity index (χ4v) is 4.49. The van der Waals surface area contributed by atoms with Gasteiger partial charge in [0.2, 0.25) is 15.7 Å². The van der Waals surface area contributed by atoms with Crippen LogP contribution in [0.1, 0.15) is 38.4 Å². The smallest absolute Gasteiger partial charge is 0.228 e. The summed E-state index contributed by atoms with van der Waals surface area (Å²) >= 11 is 0. The molecule has 0 radical (unpaired) electrons. The fraction of sp³-hybridized carbons (Fsp3) is 0.421. The lowest BCUT2D eigenvalue weighted by Gasteiger charge is -2.15. The minimum atomic E-state index is -3.73. The Labute approximate surface area is 150 Å². The molecule has 0 fully saturated rings. The second-order valence-electron chi connectivity index (χ2n) is 6.50. The van der Waals surface area contributed by atoms with Crippen molar-refractivity contribution in [2.75, 3.05) is 5.32 Å². The molecule has 6 heteroatoms. The third kappa shape index (κ3) is 3.63. The van der Waals surface area contributed by atoms with Crippen molar-refractivity contribution < 1.29 is 13.2 Å². The highest BCUT2D eigenvalue weighted by molar-refractivity contribution is 7.91. The predicted octanol–water partition coefficient (Wildman–Crippen LogP) is 3.94. The van der Waals surface area contributed by atoms with E-state index in [-0.39, 0.29) is 21.6 Å².